The second-order valence-electron chi connectivity index (χ2n) is 8.53. The minimum absolute atomic E-state index is 0.0898. The van der Waals surface area contributed by atoms with E-state index in [1.165, 1.54) is 0 Å². The molecule has 15 heteroatoms. The van der Waals surface area contributed by atoms with E-state index >= 15 is 0 Å². The Morgan fingerprint density at radius 1 is 1.32 bits per heavy atom. The molecule has 1 aliphatic heterocycles. The van der Waals surface area contributed by atoms with E-state index in [1.807, 2.05) is 11.5 Å². The van der Waals surface area contributed by atoms with Gasteiger partial charge in [-0.25, -0.2) is 19.4 Å². The summed E-state index contributed by atoms with van der Waals surface area (Å²) in [4.78, 5) is 18.1. The van der Waals surface area contributed by atoms with Crippen molar-refractivity contribution in [1.82, 2.24) is 30.2 Å². The monoisotopic (exact) mass is 525 g/mol. The largest absolute Gasteiger partial charge is 0.490 e. The first-order valence-corrected chi connectivity index (χ1v) is 11.2. The van der Waals surface area contributed by atoms with Gasteiger partial charge in [-0.15, -0.1) is 0 Å². The number of carbonyl (C=O) groups is 1. The number of aliphatic hydroxyl groups is 1. The number of halogens is 3. The Hall–Kier alpha value is -3.90. The molecule has 1 fully saturated rings. The number of rotatable bonds is 4. The lowest BCUT2D eigenvalue weighted by atomic mass is 10.1. The van der Waals surface area contributed by atoms with Gasteiger partial charge in [0.25, 0.3) is 0 Å². The van der Waals surface area contributed by atoms with Crippen LogP contribution < -0.4 is 15.8 Å². The highest BCUT2D eigenvalue weighted by atomic mass is 19.4. The number of carboxylic acid groups (broad SMARTS) is 1. The van der Waals surface area contributed by atoms with Crippen LogP contribution in [0.5, 0.6) is 5.75 Å². The van der Waals surface area contributed by atoms with E-state index in [4.69, 9.17) is 30.0 Å². The van der Waals surface area contributed by atoms with Gasteiger partial charge in [0.15, 0.2) is 23.1 Å². The number of hydrogen-bond acceptors (Lipinski definition) is 10. The predicted octanol–water partition coefficient (Wildman–Crippen LogP) is 1.97. The lowest BCUT2D eigenvalue weighted by Gasteiger charge is -2.24. The first kappa shape index (κ1) is 27.7. The molecule has 1 saturated heterocycles. The van der Waals surface area contributed by atoms with Gasteiger partial charge in [-0.2, -0.15) is 13.2 Å². The van der Waals surface area contributed by atoms with Gasteiger partial charge in [-0.3, -0.25) is 0 Å². The number of aliphatic carboxylic acids is 1. The number of aryl methyl sites for hydroxylation is 1. The maximum Gasteiger partial charge on any atom is 0.490 e. The highest BCUT2D eigenvalue weighted by Crippen LogP contribution is 2.34. The van der Waals surface area contributed by atoms with Gasteiger partial charge in [-0.1, -0.05) is 5.92 Å². The maximum absolute atomic E-state index is 10.6. The molecule has 3 aromatic rings. The number of nitrogen functional groups attached to an aromatic ring is 1. The Bertz CT molecular complexity index is 1310. The molecular formula is C22H26F3N7O5. The summed E-state index contributed by atoms with van der Waals surface area (Å²) < 4.78 is 44.8. The Morgan fingerprint density at radius 2 is 1.97 bits per heavy atom. The number of ether oxygens (including phenoxy) is 1. The zero-order valence-corrected chi connectivity index (χ0v) is 20.3. The number of imidazole rings is 1. The molecule has 37 heavy (non-hydrogen) atoms. The van der Waals surface area contributed by atoms with Crippen molar-refractivity contribution < 1.29 is 37.5 Å². The van der Waals surface area contributed by atoms with Crippen molar-refractivity contribution in [2.24, 2.45) is 0 Å². The van der Waals surface area contributed by atoms with Crippen molar-refractivity contribution in [3.8, 4) is 29.1 Å². The predicted molar refractivity (Wildman–Crippen MR) is 124 cm³/mol. The first-order chi connectivity index (χ1) is 17.3. The van der Waals surface area contributed by atoms with Gasteiger partial charge >= 0.3 is 12.1 Å². The fourth-order valence-electron chi connectivity index (χ4n) is 3.44. The van der Waals surface area contributed by atoms with Crippen molar-refractivity contribution >= 4 is 22.8 Å². The Kier molecular flexibility index (Phi) is 8.24. The molecule has 0 spiro atoms. The van der Waals surface area contributed by atoms with Gasteiger partial charge in [0.05, 0.1) is 6.20 Å². The lowest BCUT2D eigenvalue weighted by molar-refractivity contribution is -0.192. The van der Waals surface area contributed by atoms with Crippen molar-refractivity contribution in [2.45, 2.75) is 58.0 Å². The molecule has 4 rings (SSSR count). The summed E-state index contributed by atoms with van der Waals surface area (Å²) in [6.45, 7) is 7.63. The van der Waals surface area contributed by atoms with Crippen LogP contribution in [-0.4, -0.2) is 72.0 Å². The SMILES string of the molecule is CCn1c(-c2nonc2N)nc2c(C#CC(C)(C)O)ncc(OC3CCNCC3)c21.O=C(O)C(F)(F)F. The summed E-state index contributed by atoms with van der Waals surface area (Å²) in [6.07, 6.45) is -1.50. The van der Waals surface area contributed by atoms with Crippen LogP contribution in [0.1, 0.15) is 39.3 Å². The third-order valence-electron chi connectivity index (χ3n) is 5.09. The van der Waals surface area contributed by atoms with Crippen LogP contribution in [0.25, 0.3) is 22.6 Å². The highest BCUT2D eigenvalue weighted by Gasteiger charge is 2.38. The summed E-state index contributed by atoms with van der Waals surface area (Å²) in [5, 5.41) is 28.0. The number of nitrogens with zero attached hydrogens (tertiary/aromatic N) is 5. The lowest BCUT2D eigenvalue weighted by Crippen LogP contribution is -2.34. The number of anilines is 1. The molecule has 12 nitrogen and oxygen atoms in total. The summed E-state index contributed by atoms with van der Waals surface area (Å²) in [7, 11) is 0. The highest BCUT2D eigenvalue weighted by molar-refractivity contribution is 5.89. The molecule has 0 unspecified atom stereocenters. The Morgan fingerprint density at radius 3 is 2.49 bits per heavy atom. The molecule has 0 aromatic carbocycles. The van der Waals surface area contributed by atoms with Crippen LogP contribution in [0.4, 0.5) is 19.0 Å². The minimum atomic E-state index is -5.08. The zero-order chi connectivity index (χ0) is 27.4. The first-order valence-electron chi connectivity index (χ1n) is 11.2. The number of hydrogen-bond donors (Lipinski definition) is 4. The van der Waals surface area contributed by atoms with Crippen LogP contribution in [-0.2, 0) is 11.3 Å². The van der Waals surface area contributed by atoms with Crippen molar-refractivity contribution in [1.29, 1.82) is 0 Å². The van der Waals surface area contributed by atoms with Crippen LogP contribution in [0.15, 0.2) is 10.8 Å². The Balaban J connectivity index is 0.000000479. The number of piperidine rings is 1. The Labute approximate surface area is 209 Å². The van der Waals surface area contributed by atoms with Gasteiger partial charge in [0.2, 0.25) is 0 Å². The summed E-state index contributed by atoms with van der Waals surface area (Å²) >= 11 is 0. The number of aromatic nitrogens is 5. The molecule has 0 atom stereocenters. The zero-order valence-electron chi connectivity index (χ0n) is 20.3. The van der Waals surface area contributed by atoms with Crippen molar-refractivity contribution in [2.75, 3.05) is 18.8 Å². The summed E-state index contributed by atoms with van der Waals surface area (Å²) in [5.74, 6) is 4.26. The minimum Gasteiger partial charge on any atom is -0.486 e. The maximum atomic E-state index is 10.6. The van der Waals surface area contributed by atoms with Gasteiger partial charge in [0, 0.05) is 6.54 Å². The molecule has 4 heterocycles. The van der Waals surface area contributed by atoms with Crippen LogP contribution in [0.3, 0.4) is 0 Å². The smallest absolute Gasteiger partial charge is 0.486 e. The molecule has 0 saturated carbocycles. The molecule has 0 aliphatic carbocycles. The second kappa shape index (κ2) is 11.0. The van der Waals surface area contributed by atoms with Crippen LogP contribution in [0, 0.1) is 11.8 Å². The molecule has 0 bridgehead atoms. The van der Waals surface area contributed by atoms with Crippen molar-refractivity contribution in [3.05, 3.63) is 11.9 Å². The molecule has 0 radical (unpaired) electrons. The fraction of sp³-hybridized carbons (Fsp3) is 0.500. The van der Waals surface area contributed by atoms with Crippen molar-refractivity contribution in [3.63, 3.8) is 0 Å². The second-order valence-corrected chi connectivity index (χ2v) is 8.53. The topological polar surface area (TPSA) is 174 Å². The summed E-state index contributed by atoms with van der Waals surface area (Å²) in [6, 6.07) is 0. The van der Waals surface area contributed by atoms with E-state index < -0.39 is 17.7 Å². The molecule has 0 amide bonds. The van der Waals surface area contributed by atoms with E-state index in [2.05, 4.69) is 32.5 Å². The molecule has 5 N–H and O–H groups in total. The number of pyridine rings is 1. The van der Waals surface area contributed by atoms with E-state index in [9.17, 15) is 18.3 Å². The number of fused-ring (bicyclic) bond motifs is 1. The molecular weight excluding hydrogens is 499 g/mol. The molecule has 1 aliphatic rings. The number of alkyl halides is 3. The van der Waals surface area contributed by atoms with E-state index in [0.29, 0.717) is 35.0 Å². The average Bonchev–Trinajstić information content (AvgIpc) is 3.41. The normalized spacial score (nSPS) is 14.5. The standard InChI is InChI=1S/C20H25N7O3.C2HF3O2/c1-4-27-17-14(29-12-6-9-22-10-7-12)11-23-13(5-8-20(2,3)28)15(17)24-19(27)16-18(21)26-30-25-16;3-2(4,5)1(6)7/h11-12,22,28H,4,6-7,9-10H2,1-3H3,(H2,21,26);(H,6,7). The number of nitrogens with one attached hydrogen (secondary N) is 1. The van der Waals surface area contributed by atoms with Gasteiger partial charge in [0.1, 0.15) is 28.4 Å². The van der Waals surface area contributed by atoms with E-state index in [0.717, 1.165) is 31.4 Å². The number of nitrogens with two attached hydrogens (primary N) is 1. The summed E-state index contributed by atoms with van der Waals surface area (Å²) in [5.41, 5.74) is 6.86. The number of carboxylic acids is 1. The third-order valence-corrected chi connectivity index (χ3v) is 5.09. The molecule has 200 valence electrons. The van der Waals surface area contributed by atoms with Crippen LogP contribution >= 0.6 is 0 Å². The molecule has 3 aromatic heterocycles. The van der Waals surface area contributed by atoms with Crippen LogP contribution in [0.2, 0.25) is 0 Å². The van der Waals surface area contributed by atoms with E-state index in [-0.39, 0.29) is 11.9 Å². The third kappa shape index (κ3) is 6.86. The van der Waals surface area contributed by atoms with Gasteiger partial charge in [-0.05, 0) is 62.9 Å². The van der Waals surface area contributed by atoms with E-state index in [1.54, 1.807) is 20.0 Å². The quantitative estimate of drug-likeness (QED) is 0.367. The average molecular weight is 525 g/mol. The fourth-order valence-corrected chi connectivity index (χ4v) is 3.44. The van der Waals surface area contributed by atoms with Gasteiger partial charge < -0.3 is 30.6 Å².